The van der Waals surface area contributed by atoms with Crippen LogP contribution in [-0.2, 0) is 30.0 Å². The van der Waals surface area contributed by atoms with Crippen LogP contribution in [0.4, 0.5) is 0 Å². The number of carbonyl (C=O) groups is 1. The van der Waals surface area contributed by atoms with Gasteiger partial charge < -0.3 is 14.7 Å². The van der Waals surface area contributed by atoms with Crippen molar-refractivity contribution in [3.8, 4) is 0 Å². The molecule has 1 aliphatic heterocycles. The lowest BCUT2D eigenvalue weighted by Gasteiger charge is -2.26. The zero-order valence-electron chi connectivity index (χ0n) is 12.3. The molecular formula is C14H17N3O4S. The number of rotatable bonds is 3. The van der Waals surface area contributed by atoms with Gasteiger partial charge in [-0.15, -0.1) is 0 Å². The van der Waals surface area contributed by atoms with Gasteiger partial charge in [-0.2, -0.15) is 4.31 Å². The quantitative estimate of drug-likeness (QED) is 0.884. The third-order valence-corrected chi connectivity index (χ3v) is 6.17. The lowest BCUT2D eigenvalue weighted by Crippen LogP contribution is -2.35. The number of fused-ring (bicyclic) bond motifs is 1. The Bertz CT molecular complexity index is 848. The summed E-state index contributed by atoms with van der Waals surface area (Å²) >= 11 is 0. The number of nitrogens with one attached hydrogen (secondary N) is 1. The minimum atomic E-state index is -3.71. The van der Waals surface area contributed by atoms with E-state index in [2.05, 4.69) is 4.98 Å². The van der Waals surface area contributed by atoms with Crippen LogP contribution in [0.15, 0.2) is 23.2 Å². The fourth-order valence-corrected chi connectivity index (χ4v) is 4.49. The Morgan fingerprint density at radius 3 is 2.77 bits per heavy atom. The minimum Gasteiger partial charge on any atom is -0.477 e. The van der Waals surface area contributed by atoms with Gasteiger partial charge in [0.15, 0.2) is 0 Å². The van der Waals surface area contributed by atoms with Crippen LogP contribution < -0.4 is 0 Å². The van der Waals surface area contributed by atoms with Gasteiger partial charge in [0.05, 0.1) is 0 Å². The summed E-state index contributed by atoms with van der Waals surface area (Å²) in [5.41, 5.74) is 2.41. The van der Waals surface area contributed by atoms with E-state index in [0.717, 1.165) is 11.3 Å². The molecule has 118 valence electrons. The van der Waals surface area contributed by atoms with E-state index in [4.69, 9.17) is 5.11 Å². The van der Waals surface area contributed by atoms with Crippen molar-refractivity contribution in [3.05, 3.63) is 41.0 Å². The van der Waals surface area contributed by atoms with Gasteiger partial charge in [0.25, 0.3) is 0 Å². The molecule has 0 fully saturated rings. The molecular weight excluding hydrogens is 306 g/mol. The van der Waals surface area contributed by atoms with Crippen molar-refractivity contribution < 1.29 is 18.3 Å². The van der Waals surface area contributed by atoms with Gasteiger partial charge in [-0.05, 0) is 24.6 Å². The van der Waals surface area contributed by atoms with Gasteiger partial charge in [-0.25, -0.2) is 13.2 Å². The molecule has 3 rings (SSSR count). The largest absolute Gasteiger partial charge is 0.477 e. The van der Waals surface area contributed by atoms with Crippen LogP contribution >= 0.6 is 0 Å². The zero-order valence-corrected chi connectivity index (χ0v) is 13.1. The van der Waals surface area contributed by atoms with E-state index in [1.165, 1.54) is 14.9 Å². The Hall–Kier alpha value is -2.06. The van der Waals surface area contributed by atoms with Crippen LogP contribution in [-0.4, -0.2) is 39.9 Å². The van der Waals surface area contributed by atoms with E-state index >= 15 is 0 Å². The first-order valence-electron chi connectivity index (χ1n) is 6.87. The number of sulfonamides is 1. The molecule has 22 heavy (non-hydrogen) atoms. The number of aromatic nitrogens is 2. The summed E-state index contributed by atoms with van der Waals surface area (Å²) in [6.07, 6.45) is 2.43. The average Bonchev–Trinajstić information content (AvgIpc) is 3.04. The van der Waals surface area contributed by atoms with Crippen molar-refractivity contribution in [1.29, 1.82) is 0 Å². The van der Waals surface area contributed by atoms with Gasteiger partial charge in [-0.1, -0.05) is 0 Å². The molecule has 0 radical (unpaired) electrons. The van der Waals surface area contributed by atoms with Crippen molar-refractivity contribution in [2.75, 3.05) is 6.54 Å². The number of aromatic carboxylic acids is 1. The molecule has 2 N–H and O–H groups in total. The van der Waals surface area contributed by atoms with Crippen molar-refractivity contribution in [3.63, 3.8) is 0 Å². The van der Waals surface area contributed by atoms with Gasteiger partial charge in [-0.3, -0.25) is 0 Å². The van der Waals surface area contributed by atoms with Crippen molar-refractivity contribution in [2.45, 2.75) is 24.8 Å². The molecule has 8 heteroatoms. The monoisotopic (exact) mass is 323 g/mol. The lowest BCUT2D eigenvalue weighted by molar-refractivity contribution is 0.0686. The fraction of sp³-hybridized carbons (Fsp3) is 0.357. The first-order valence-corrected chi connectivity index (χ1v) is 8.31. The molecule has 0 atom stereocenters. The summed E-state index contributed by atoms with van der Waals surface area (Å²) < 4.78 is 28.5. The Kier molecular flexibility index (Phi) is 3.37. The van der Waals surface area contributed by atoms with Crippen molar-refractivity contribution in [1.82, 2.24) is 13.9 Å². The molecule has 2 aromatic heterocycles. The van der Waals surface area contributed by atoms with Gasteiger partial charge >= 0.3 is 5.97 Å². The smallest absolute Gasteiger partial charge is 0.352 e. The van der Waals surface area contributed by atoms with Crippen LogP contribution in [0, 0.1) is 6.92 Å². The van der Waals surface area contributed by atoms with E-state index in [0.29, 0.717) is 25.2 Å². The molecule has 1 aliphatic rings. The molecule has 3 heterocycles. The second-order valence-electron chi connectivity index (χ2n) is 5.41. The predicted octanol–water partition coefficient (Wildman–Crippen LogP) is 1.11. The average molecular weight is 323 g/mol. The topological polar surface area (TPSA) is 95.4 Å². The summed E-state index contributed by atoms with van der Waals surface area (Å²) in [7, 11) is -2.16. The molecule has 0 unspecified atom stereocenters. The standard InChI is InChI=1S/C14H17N3O4S/c1-9-13(7-12(14(18)19)16(9)2)22(20,21)17-6-4-11-10(8-17)3-5-15-11/h3,5,7,15H,4,6,8H2,1-2H3,(H,18,19). The summed E-state index contributed by atoms with van der Waals surface area (Å²) in [5, 5.41) is 9.15. The highest BCUT2D eigenvalue weighted by atomic mass is 32.2. The maximum absolute atomic E-state index is 12.8. The van der Waals surface area contributed by atoms with Crippen LogP contribution in [0.3, 0.4) is 0 Å². The van der Waals surface area contributed by atoms with Crippen LogP contribution in [0.2, 0.25) is 0 Å². The molecule has 0 bridgehead atoms. The third-order valence-electron chi connectivity index (χ3n) is 4.21. The number of hydrogen-bond acceptors (Lipinski definition) is 3. The first kappa shape index (κ1) is 14.9. The summed E-state index contributed by atoms with van der Waals surface area (Å²) in [4.78, 5) is 14.4. The molecule has 2 aromatic rings. The second-order valence-corrected chi connectivity index (χ2v) is 7.32. The Labute approximate surface area is 128 Å². The Balaban J connectivity index is 2.01. The van der Waals surface area contributed by atoms with Crippen LogP contribution in [0.5, 0.6) is 0 Å². The molecule has 7 nitrogen and oxygen atoms in total. The highest BCUT2D eigenvalue weighted by Gasteiger charge is 2.32. The third kappa shape index (κ3) is 2.15. The highest BCUT2D eigenvalue weighted by molar-refractivity contribution is 7.89. The maximum Gasteiger partial charge on any atom is 0.352 e. The zero-order chi connectivity index (χ0) is 16.1. The summed E-state index contributed by atoms with van der Waals surface area (Å²) in [6, 6.07) is 3.11. The maximum atomic E-state index is 12.8. The number of carboxylic acid groups (broad SMARTS) is 1. The number of nitrogens with zero attached hydrogens (tertiary/aromatic N) is 2. The number of aromatic amines is 1. The van der Waals surface area contributed by atoms with Gasteiger partial charge in [0, 0.05) is 44.1 Å². The van der Waals surface area contributed by atoms with Gasteiger partial charge in [0.2, 0.25) is 10.0 Å². The van der Waals surface area contributed by atoms with Crippen molar-refractivity contribution in [2.24, 2.45) is 7.05 Å². The number of H-pyrrole nitrogens is 1. The minimum absolute atomic E-state index is 0.0320. The fourth-order valence-electron chi connectivity index (χ4n) is 2.80. The summed E-state index contributed by atoms with van der Waals surface area (Å²) in [5.74, 6) is -1.14. The lowest BCUT2D eigenvalue weighted by atomic mass is 10.1. The van der Waals surface area contributed by atoms with E-state index in [9.17, 15) is 13.2 Å². The second kappa shape index (κ2) is 4.99. The van der Waals surface area contributed by atoms with Crippen LogP contribution in [0.25, 0.3) is 0 Å². The Morgan fingerprint density at radius 2 is 2.14 bits per heavy atom. The molecule has 0 saturated heterocycles. The van der Waals surface area contributed by atoms with Gasteiger partial charge in [0.1, 0.15) is 10.6 Å². The molecule has 0 aliphatic carbocycles. The van der Waals surface area contributed by atoms with Crippen molar-refractivity contribution >= 4 is 16.0 Å². The predicted molar refractivity (Wildman–Crippen MR) is 79.2 cm³/mol. The van der Waals surface area contributed by atoms with E-state index in [1.807, 2.05) is 6.07 Å². The Morgan fingerprint density at radius 1 is 1.41 bits per heavy atom. The molecule has 0 aromatic carbocycles. The van der Waals surface area contributed by atoms with E-state index in [-0.39, 0.29) is 10.6 Å². The molecule has 0 amide bonds. The molecule has 0 saturated carbocycles. The normalized spacial score (nSPS) is 15.7. The summed E-state index contributed by atoms with van der Waals surface area (Å²) in [6.45, 7) is 2.30. The highest BCUT2D eigenvalue weighted by Crippen LogP contribution is 2.27. The SMILES string of the molecule is Cc1c(S(=O)(=O)N2CCc3[nH]ccc3C2)cc(C(=O)O)n1C. The van der Waals surface area contributed by atoms with Crippen LogP contribution in [0.1, 0.15) is 27.4 Å². The number of hydrogen-bond donors (Lipinski definition) is 2. The molecule has 0 spiro atoms. The van der Waals surface area contributed by atoms with E-state index in [1.54, 1.807) is 20.2 Å². The van der Waals surface area contributed by atoms with E-state index < -0.39 is 16.0 Å². The first-order chi connectivity index (χ1) is 10.3. The number of carboxylic acids is 1.